The Labute approximate surface area is 173 Å². The highest BCUT2D eigenvalue weighted by Gasteiger charge is 2.11. The third-order valence-corrected chi connectivity index (χ3v) is 4.83. The third-order valence-electron chi connectivity index (χ3n) is 4.83. The van der Waals surface area contributed by atoms with Crippen molar-refractivity contribution in [3.8, 4) is 33.4 Å². The van der Waals surface area contributed by atoms with Crippen molar-refractivity contribution in [3.05, 3.63) is 97.1 Å². The first-order chi connectivity index (χ1) is 14.8. The van der Waals surface area contributed by atoms with Gasteiger partial charge in [-0.2, -0.15) is 9.98 Å². The van der Waals surface area contributed by atoms with Gasteiger partial charge in [0.2, 0.25) is 12.2 Å². The molecule has 0 radical (unpaired) electrons. The predicted molar refractivity (Wildman–Crippen MR) is 118 cm³/mol. The summed E-state index contributed by atoms with van der Waals surface area (Å²) < 4.78 is 0. The van der Waals surface area contributed by atoms with Gasteiger partial charge >= 0.3 is 0 Å². The molecule has 0 aromatic heterocycles. The fourth-order valence-corrected chi connectivity index (χ4v) is 3.42. The van der Waals surface area contributed by atoms with Gasteiger partial charge in [0.05, 0.1) is 11.4 Å². The maximum absolute atomic E-state index is 10.9. The predicted octanol–water partition coefficient (Wildman–Crippen LogP) is 6.62. The average Bonchev–Trinajstić information content (AvgIpc) is 2.81. The lowest BCUT2D eigenvalue weighted by Crippen LogP contribution is -1.85. The van der Waals surface area contributed by atoms with Crippen LogP contribution >= 0.6 is 0 Å². The molecule has 0 aliphatic carbocycles. The summed E-state index contributed by atoms with van der Waals surface area (Å²) in [4.78, 5) is 29.5. The minimum absolute atomic E-state index is 0.561. The van der Waals surface area contributed by atoms with Gasteiger partial charge in [-0.1, -0.05) is 72.8 Å². The van der Waals surface area contributed by atoms with E-state index in [9.17, 15) is 9.59 Å². The highest BCUT2D eigenvalue weighted by atomic mass is 16.1. The summed E-state index contributed by atoms with van der Waals surface area (Å²) in [5.41, 5.74) is 6.63. The molecule has 0 spiro atoms. The van der Waals surface area contributed by atoms with Crippen LogP contribution in [-0.4, -0.2) is 12.2 Å². The minimum atomic E-state index is 0.561. The second-order valence-electron chi connectivity index (χ2n) is 6.60. The molecule has 0 N–H and O–H groups in total. The molecule has 0 unspecified atom stereocenters. The zero-order chi connectivity index (χ0) is 20.8. The number of isocyanates is 2. The first-order valence-electron chi connectivity index (χ1n) is 9.35. The van der Waals surface area contributed by atoms with Crippen molar-refractivity contribution in [2.75, 3.05) is 0 Å². The molecule has 4 heteroatoms. The zero-order valence-electron chi connectivity index (χ0n) is 15.9. The van der Waals surface area contributed by atoms with Crippen molar-refractivity contribution in [2.24, 2.45) is 9.98 Å². The van der Waals surface area contributed by atoms with Gasteiger partial charge in [0.15, 0.2) is 0 Å². The molecule has 0 bridgehead atoms. The summed E-state index contributed by atoms with van der Waals surface area (Å²) in [6.45, 7) is 0. The molecule has 142 valence electrons. The summed E-state index contributed by atoms with van der Waals surface area (Å²) in [6.07, 6.45) is 3.26. The van der Waals surface area contributed by atoms with Crippen LogP contribution in [0.5, 0.6) is 0 Å². The molecule has 0 aliphatic heterocycles. The van der Waals surface area contributed by atoms with Crippen LogP contribution in [0, 0.1) is 0 Å². The lowest BCUT2D eigenvalue weighted by Gasteiger charge is -2.11. The number of hydrogen-bond donors (Lipinski definition) is 0. The Kier molecular flexibility index (Phi) is 5.54. The molecule has 4 nitrogen and oxygen atoms in total. The first-order valence-corrected chi connectivity index (χ1v) is 9.35. The Morgan fingerprint density at radius 2 is 0.867 bits per heavy atom. The molecule has 30 heavy (non-hydrogen) atoms. The SMILES string of the molecule is O=C=Nc1ccc(-c2ccc(N=C=O)c(-c3ccccc3)c2)cc1-c1ccccc1. The van der Waals surface area contributed by atoms with E-state index >= 15 is 0 Å². The van der Waals surface area contributed by atoms with Gasteiger partial charge < -0.3 is 0 Å². The summed E-state index contributed by atoms with van der Waals surface area (Å²) in [7, 11) is 0. The molecule has 0 amide bonds. The van der Waals surface area contributed by atoms with Gasteiger partial charge in [0.1, 0.15) is 0 Å². The Morgan fingerprint density at radius 1 is 0.467 bits per heavy atom. The molecular weight excluding hydrogens is 372 g/mol. The van der Waals surface area contributed by atoms with Gasteiger partial charge in [-0.15, -0.1) is 0 Å². The van der Waals surface area contributed by atoms with Crippen molar-refractivity contribution < 1.29 is 9.59 Å². The van der Waals surface area contributed by atoms with Crippen LogP contribution in [0.25, 0.3) is 33.4 Å². The van der Waals surface area contributed by atoms with Gasteiger partial charge in [-0.05, 0) is 46.5 Å². The Morgan fingerprint density at radius 3 is 1.23 bits per heavy atom. The van der Waals surface area contributed by atoms with Crippen molar-refractivity contribution in [3.63, 3.8) is 0 Å². The average molecular weight is 388 g/mol. The molecule has 0 saturated heterocycles. The van der Waals surface area contributed by atoms with E-state index in [1.807, 2.05) is 97.1 Å². The summed E-state index contributed by atoms with van der Waals surface area (Å²) in [5, 5.41) is 0. The number of hydrogen-bond acceptors (Lipinski definition) is 4. The summed E-state index contributed by atoms with van der Waals surface area (Å²) in [6, 6.07) is 31.0. The number of aliphatic imine (C=N–C) groups is 2. The molecule has 0 aliphatic rings. The van der Waals surface area contributed by atoms with Gasteiger partial charge in [0, 0.05) is 11.1 Å². The zero-order valence-corrected chi connectivity index (χ0v) is 15.9. The fraction of sp³-hybridized carbons (Fsp3) is 0. The van der Waals surface area contributed by atoms with Crippen LogP contribution in [0.4, 0.5) is 11.4 Å². The second kappa shape index (κ2) is 8.76. The fourth-order valence-electron chi connectivity index (χ4n) is 3.42. The van der Waals surface area contributed by atoms with E-state index in [0.717, 1.165) is 33.4 Å². The Hall–Kier alpha value is -4.36. The minimum Gasteiger partial charge on any atom is -0.211 e. The van der Waals surface area contributed by atoms with Crippen molar-refractivity contribution in [2.45, 2.75) is 0 Å². The lowest BCUT2D eigenvalue weighted by atomic mass is 9.94. The highest BCUT2D eigenvalue weighted by molar-refractivity contribution is 5.86. The third kappa shape index (κ3) is 3.91. The molecule has 0 heterocycles. The second-order valence-corrected chi connectivity index (χ2v) is 6.60. The smallest absolute Gasteiger partial charge is 0.211 e. The number of carbonyl (C=O) groups excluding carboxylic acids is 2. The maximum atomic E-state index is 10.9. The summed E-state index contributed by atoms with van der Waals surface area (Å²) in [5.74, 6) is 0. The Balaban J connectivity index is 1.89. The largest absolute Gasteiger partial charge is 0.240 e. The molecule has 4 aromatic carbocycles. The van der Waals surface area contributed by atoms with E-state index in [1.54, 1.807) is 12.2 Å². The monoisotopic (exact) mass is 388 g/mol. The van der Waals surface area contributed by atoms with Gasteiger partial charge in [0.25, 0.3) is 0 Å². The lowest BCUT2D eigenvalue weighted by molar-refractivity contribution is 0.564. The molecule has 4 aromatic rings. The number of nitrogens with zero attached hydrogens (tertiary/aromatic N) is 2. The van der Waals surface area contributed by atoms with Crippen molar-refractivity contribution in [1.29, 1.82) is 0 Å². The van der Waals surface area contributed by atoms with E-state index in [2.05, 4.69) is 9.98 Å². The van der Waals surface area contributed by atoms with E-state index in [-0.39, 0.29) is 0 Å². The van der Waals surface area contributed by atoms with Crippen LogP contribution in [0.15, 0.2) is 107 Å². The van der Waals surface area contributed by atoms with Gasteiger partial charge in [-0.25, -0.2) is 9.59 Å². The topological polar surface area (TPSA) is 58.9 Å². The van der Waals surface area contributed by atoms with Gasteiger partial charge in [-0.3, -0.25) is 0 Å². The molecular formula is C26H16N2O2. The van der Waals surface area contributed by atoms with Crippen LogP contribution in [-0.2, 0) is 9.59 Å². The van der Waals surface area contributed by atoms with Crippen LogP contribution in [0.3, 0.4) is 0 Å². The molecule has 0 saturated carbocycles. The quantitative estimate of drug-likeness (QED) is 0.285. The number of benzene rings is 4. The maximum Gasteiger partial charge on any atom is 0.240 e. The molecule has 0 fully saturated rings. The molecule has 4 rings (SSSR count). The normalized spacial score (nSPS) is 10.0. The van der Waals surface area contributed by atoms with Crippen molar-refractivity contribution in [1.82, 2.24) is 0 Å². The standard InChI is InChI=1S/C26H16N2O2/c29-17-27-25-13-11-21(15-23(25)19-7-3-1-4-8-19)22-12-14-26(28-18-30)24(16-22)20-9-5-2-6-10-20/h1-16H. The van der Waals surface area contributed by atoms with E-state index in [4.69, 9.17) is 0 Å². The first kappa shape index (κ1) is 19.0. The van der Waals surface area contributed by atoms with Crippen LogP contribution < -0.4 is 0 Å². The van der Waals surface area contributed by atoms with Crippen LogP contribution in [0.2, 0.25) is 0 Å². The van der Waals surface area contributed by atoms with E-state index in [0.29, 0.717) is 11.4 Å². The highest BCUT2D eigenvalue weighted by Crippen LogP contribution is 2.38. The number of rotatable bonds is 5. The Bertz CT molecular complexity index is 1180. The summed E-state index contributed by atoms with van der Waals surface area (Å²) >= 11 is 0. The molecule has 0 atom stereocenters. The van der Waals surface area contributed by atoms with E-state index in [1.165, 1.54) is 0 Å². The van der Waals surface area contributed by atoms with Crippen LogP contribution in [0.1, 0.15) is 0 Å². The van der Waals surface area contributed by atoms with Crippen molar-refractivity contribution >= 4 is 23.5 Å². The van der Waals surface area contributed by atoms with E-state index < -0.39 is 0 Å².